The molecule has 0 spiro atoms. The third-order valence-corrected chi connectivity index (χ3v) is 4.58. The topological polar surface area (TPSA) is 59.3 Å². The summed E-state index contributed by atoms with van der Waals surface area (Å²) >= 11 is 1.45. The number of nitrogens with one attached hydrogen (secondary N) is 1. The summed E-state index contributed by atoms with van der Waals surface area (Å²) in [6, 6.07) is 13.4. The lowest BCUT2D eigenvalue weighted by molar-refractivity contribution is 0.102. The van der Waals surface area contributed by atoms with E-state index in [4.69, 9.17) is 0 Å². The molecule has 4 aromatic rings. The van der Waals surface area contributed by atoms with Gasteiger partial charge in [-0.3, -0.25) is 10.1 Å². The molecule has 0 atom stereocenters. The van der Waals surface area contributed by atoms with Crippen LogP contribution in [-0.2, 0) is 0 Å². The summed E-state index contributed by atoms with van der Waals surface area (Å²) in [5.74, 6) is -0.551. The maximum Gasteiger partial charge on any atom is 0.258 e. The summed E-state index contributed by atoms with van der Waals surface area (Å²) in [7, 11) is 0. The van der Waals surface area contributed by atoms with E-state index in [1.54, 1.807) is 4.52 Å². The maximum absolute atomic E-state index is 12.9. The second-order valence-corrected chi connectivity index (χ2v) is 6.41. The first kappa shape index (κ1) is 15.5. The SMILES string of the molecule is Cc1ccc(-c2csc3nc(NC(=O)c4ccc(F)cc4)nn23)cc1. The summed E-state index contributed by atoms with van der Waals surface area (Å²) in [6.07, 6.45) is 0. The quantitative estimate of drug-likeness (QED) is 0.602. The van der Waals surface area contributed by atoms with Crippen LogP contribution in [0.2, 0.25) is 0 Å². The molecule has 1 amide bonds. The highest BCUT2D eigenvalue weighted by Gasteiger charge is 2.14. The molecule has 4 rings (SSSR count). The van der Waals surface area contributed by atoms with Gasteiger partial charge in [0.1, 0.15) is 5.82 Å². The van der Waals surface area contributed by atoms with Crippen molar-refractivity contribution in [3.8, 4) is 11.3 Å². The first-order chi connectivity index (χ1) is 12.1. The number of thiazole rings is 1. The normalized spacial score (nSPS) is 11.0. The zero-order chi connectivity index (χ0) is 17.4. The molecule has 0 fully saturated rings. The van der Waals surface area contributed by atoms with Gasteiger partial charge in [-0.2, -0.15) is 4.98 Å². The number of benzene rings is 2. The second-order valence-electron chi connectivity index (χ2n) is 5.58. The largest absolute Gasteiger partial charge is 0.289 e. The molecular formula is C18H13FN4OS. The minimum absolute atomic E-state index is 0.217. The summed E-state index contributed by atoms with van der Waals surface area (Å²) in [5.41, 5.74) is 3.47. The van der Waals surface area contributed by atoms with Gasteiger partial charge in [-0.25, -0.2) is 8.91 Å². The van der Waals surface area contributed by atoms with E-state index < -0.39 is 0 Å². The average molecular weight is 352 g/mol. The predicted molar refractivity (Wildman–Crippen MR) is 95.4 cm³/mol. The van der Waals surface area contributed by atoms with Crippen molar-refractivity contribution < 1.29 is 9.18 Å². The Morgan fingerprint density at radius 3 is 2.56 bits per heavy atom. The van der Waals surface area contributed by atoms with Crippen LogP contribution in [0, 0.1) is 12.7 Å². The molecule has 0 saturated heterocycles. The van der Waals surface area contributed by atoms with Crippen LogP contribution in [-0.4, -0.2) is 20.5 Å². The lowest BCUT2D eigenvalue weighted by Crippen LogP contribution is -2.13. The Hall–Kier alpha value is -3.06. The number of anilines is 1. The summed E-state index contributed by atoms with van der Waals surface area (Å²) in [6.45, 7) is 2.03. The molecule has 2 heterocycles. The number of carbonyl (C=O) groups is 1. The Bertz CT molecular complexity index is 1050. The summed E-state index contributed by atoms with van der Waals surface area (Å²) in [4.78, 5) is 17.2. The van der Waals surface area contributed by atoms with Crippen molar-refractivity contribution in [2.45, 2.75) is 6.92 Å². The van der Waals surface area contributed by atoms with Crippen molar-refractivity contribution >= 4 is 28.2 Å². The number of amides is 1. The molecule has 0 radical (unpaired) electrons. The molecule has 0 saturated carbocycles. The monoisotopic (exact) mass is 352 g/mol. The number of halogens is 1. The average Bonchev–Trinajstić information content (AvgIpc) is 3.16. The minimum atomic E-state index is -0.389. The molecule has 0 aliphatic heterocycles. The van der Waals surface area contributed by atoms with Crippen molar-refractivity contribution in [3.05, 3.63) is 70.9 Å². The molecule has 0 bridgehead atoms. The van der Waals surface area contributed by atoms with Gasteiger partial charge in [0.2, 0.25) is 4.96 Å². The van der Waals surface area contributed by atoms with E-state index in [1.165, 1.54) is 41.2 Å². The fraction of sp³-hybridized carbons (Fsp3) is 0.0556. The third kappa shape index (κ3) is 3.01. The van der Waals surface area contributed by atoms with E-state index >= 15 is 0 Å². The molecule has 0 unspecified atom stereocenters. The molecule has 1 N–H and O–H groups in total. The number of rotatable bonds is 3. The van der Waals surface area contributed by atoms with Gasteiger partial charge >= 0.3 is 0 Å². The Labute approximate surface area is 146 Å². The predicted octanol–water partition coefficient (Wildman–Crippen LogP) is 4.16. The van der Waals surface area contributed by atoms with E-state index in [0.29, 0.717) is 10.5 Å². The first-order valence-corrected chi connectivity index (χ1v) is 8.46. The number of nitrogens with zero attached hydrogens (tertiary/aromatic N) is 3. The number of hydrogen-bond donors (Lipinski definition) is 1. The van der Waals surface area contributed by atoms with E-state index in [2.05, 4.69) is 15.4 Å². The number of aromatic nitrogens is 3. The number of carbonyl (C=O) groups excluding carboxylic acids is 1. The number of hydrogen-bond acceptors (Lipinski definition) is 4. The summed E-state index contributed by atoms with van der Waals surface area (Å²) in [5, 5.41) is 8.99. The molecule has 0 aliphatic carbocycles. The van der Waals surface area contributed by atoms with Crippen LogP contribution in [0.4, 0.5) is 10.3 Å². The van der Waals surface area contributed by atoms with E-state index in [0.717, 1.165) is 11.3 Å². The first-order valence-electron chi connectivity index (χ1n) is 7.58. The smallest absolute Gasteiger partial charge is 0.258 e. The van der Waals surface area contributed by atoms with Gasteiger partial charge in [0.15, 0.2) is 0 Å². The van der Waals surface area contributed by atoms with Gasteiger partial charge in [-0.1, -0.05) is 29.8 Å². The van der Waals surface area contributed by atoms with Gasteiger partial charge in [0.25, 0.3) is 11.9 Å². The summed E-state index contributed by atoms with van der Waals surface area (Å²) < 4.78 is 14.7. The van der Waals surface area contributed by atoms with Crippen LogP contribution < -0.4 is 5.32 Å². The minimum Gasteiger partial charge on any atom is -0.289 e. The standard InChI is InChI=1S/C18H13FN4OS/c1-11-2-4-12(5-3-11)15-10-25-18-21-17(22-23(15)18)20-16(24)13-6-8-14(19)9-7-13/h2-10H,1H3,(H,20,22,24). The number of fused-ring (bicyclic) bond motifs is 1. The van der Waals surface area contributed by atoms with Crippen molar-refractivity contribution in [2.24, 2.45) is 0 Å². The highest BCUT2D eigenvalue weighted by atomic mass is 32.1. The second kappa shape index (κ2) is 6.10. The van der Waals surface area contributed by atoms with Gasteiger partial charge < -0.3 is 0 Å². The molecule has 0 aliphatic rings. The zero-order valence-electron chi connectivity index (χ0n) is 13.2. The van der Waals surface area contributed by atoms with Gasteiger partial charge in [0, 0.05) is 16.5 Å². The fourth-order valence-electron chi connectivity index (χ4n) is 2.43. The van der Waals surface area contributed by atoms with Gasteiger partial charge in [0.05, 0.1) is 5.69 Å². The fourth-order valence-corrected chi connectivity index (χ4v) is 3.26. The van der Waals surface area contributed by atoms with E-state index in [9.17, 15) is 9.18 Å². The van der Waals surface area contributed by atoms with E-state index in [1.807, 2.05) is 36.6 Å². The molecule has 7 heteroatoms. The molecule has 2 aromatic heterocycles. The van der Waals surface area contributed by atoms with E-state index in [-0.39, 0.29) is 17.7 Å². The van der Waals surface area contributed by atoms with Crippen LogP contribution in [0.1, 0.15) is 15.9 Å². The van der Waals surface area contributed by atoms with Crippen LogP contribution >= 0.6 is 11.3 Å². The van der Waals surface area contributed by atoms with Crippen molar-refractivity contribution in [1.82, 2.24) is 14.6 Å². The van der Waals surface area contributed by atoms with Crippen LogP contribution in [0.25, 0.3) is 16.2 Å². The Balaban J connectivity index is 1.62. The highest BCUT2D eigenvalue weighted by molar-refractivity contribution is 7.15. The maximum atomic E-state index is 12.9. The zero-order valence-corrected chi connectivity index (χ0v) is 14.0. The Kier molecular flexibility index (Phi) is 3.77. The molecule has 5 nitrogen and oxygen atoms in total. The van der Waals surface area contributed by atoms with Crippen LogP contribution in [0.3, 0.4) is 0 Å². The van der Waals surface area contributed by atoms with Gasteiger partial charge in [-0.05, 0) is 31.2 Å². The Morgan fingerprint density at radius 1 is 1.12 bits per heavy atom. The lowest BCUT2D eigenvalue weighted by atomic mass is 10.1. The molecular weight excluding hydrogens is 339 g/mol. The number of aryl methyl sites for hydroxylation is 1. The third-order valence-electron chi connectivity index (χ3n) is 3.76. The van der Waals surface area contributed by atoms with Crippen LogP contribution in [0.15, 0.2) is 53.9 Å². The van der Waals surface area contributed by atoms with Crippen molar-refractivity contribution in [3.63, 3.8) is 0 Å². The molecule has 25 heavy (non-hydrogen) atoms. The molecule has 124 valence electrons. The van der Waals surface area contributed by atoms with Crippen LogP contribution in [0.5, 0.6) is 0 Å². The lowest BCUT2D eigenvalue weighted by Gasteiger charge is -2.01. The Morgan fingerprint density at radius 2 is 1.84 bits per heavy atom. The van der Waals surface area contributed by atoms with Crippen molar-refractivity contribution in [1.29, 1.82) is 0 Å². The van der Waals surface area contributed by atoms with Gasteiger partial charge in [-0.15, -0.1) is 16.4 Å². The molecule has 2 aromatic carbocycles. The van der Waals surface area contributed by atoms with Crippen molar-refractivity contribution in [2.75, 3.05) is 5.32 Å². The highest BCUT2D eigenvalue weighted by Crippen LogP contribution is 2.26.